The van der Waals surface area contributed by atoms with Crippen molar-refractivity contribution in [1.29, 1.82) is 0 Å². The fourth-order valence-electron chi connectivity index (χ4n) is 0.298. The zero-order valence-electron chi connectivity index (χ0n) is 5.87. The van der Waals surface area contributed by atoms with Crippen molar-refractivity contribution < 1.29 is 41.2 Å². The van der Waals surface area contributed by atoms with Gasteiger partial charge >= 0.3 is 11.9 Å². The van der Waals surface area contributed by atoms with Crippen molar-refractivity contribution >= 4 is 11.9 Å². The molecule has 0 fully saturated rings. The van der Waals surface area contributed by atoms with Crippen LogP contribution in [0, 0.1) is 0 Å². The van der Waals surface area contributed by atoms with Crippen LogP contribution in [0.3, 0.4) is 0 Å². The van der Waals surface area contributed by atoms with Gasteiger partial charge in [-0.2, -0.15) is 0 Å². The summed E-state index contributed by atoms with van der Waals surface area (Å²) in [7, 11) is 0. The van der Waals surface area contributed by atoms with Crippen molar-refractivity contribution in [1.82, 2.24) is 0 Å². The number of carboxylic acid groups (broad SMARTS) is 1. The van der Waals surface area contributed by atoms with Crippen molar-refractivity contribution in [3.63, 3.8) is 0 Å². The standard InChI is InChI=1S/C6H8O4.Ti/c1-2-6(9)10-4-3-5(7)8;/h2H,1,3-4H2,(H,7,8);. The third-order valence-corrected chi connectivity index (χ3v) is 0.727. The van der Waals surface area contributed by atoms with E-state index in [1.54, 1.807) is 0 Å². The van der Waals surface area contributed by atoms with Crippen molar-refractivity contribution in [2.45, 2.75) is 6.42 Å². The SMILES string of the molecule is C=CC(=O)OCCC(=O)O.[Ti]. The van der Waals surface area contributed by atoms with Gasteiger partial charge < -0.3 is 9.84 Å². The van der Waals surface area contributed by atoms with Crippen molar-refractivity contribution in [3.8, 4) is 0 Å². The monoisotopic (exact) mass is 192 g/mol. The minimum Gasteiger partial charge on any atom is -0.481 e. The maximum absolute atomic E-state index is 10.3. The van der Waals surface area contributed by atoms with E-state index < -0.39 is 11.9 Å². The maximum Gasteiger partial charge on any atom is 0.330 e. The molecule has 0 aromatic rings. The topological polar surface area (TPSA) is 63.6 Å². The van der Waals surface area contributed by atoms with E-state index in [9.17, 15) is 9.59 Å². The maximum atomic E-state index is 10.3. The summed E-state index contributed by atoms with van der Waals surface area (Å²) < 4.78 is 4.36. The van der Waals surface area contributed by atoms with E-state index in [-0.39, 0.29) is 34.7 Å². The number of esters is 1. The second-order valence-electron chi connectivity index (χ2n) is 1.52. The molecule has 0 rings (SSSR count). The van der Waals surface area contributed by atoms with Gasteiger partial charge in [-0.3, -0.25) is 4.79 Å². The van der Waals surface area contributed by atoms with Crippen molar-refractivity contribution in [2.24, 2.45) is 0 Å². The first-order valence-corrected chi connectivity index (χ1v) is 2.68. The summed E-state index contributed by atoms with van der Waals surface area (Å²) in [5, 5.41) is 8.08. The third-order valence-electron chi connectivity index (χ3n) is 0.727. The van der Waals surface area contributed by atoms with E-state index in [2.05, 4.69) is 11.3 Å². The molecule has 0 heterocycles. The number of hydrogen-bond donors (Lipinski definition) is 1. The van der Waals surface area contributed by atoms with E-state index in [0.29, 0.717) is 0 Å². The predicted molar refractivity (Wildman–Crippen MR) is 33.4 cm³/mol. The van der Waals surface area contributed by atoms with Crippen LogP contribution in [-0.2, 0) is 36.0 Å². The summed E-state index contributed by atoms with van der Waals surface area (Å²) in [6, 6.07) is 0. The van der Waals surface area contributed by atoms with Gasteiger partial charge in [0.1, 0.15) is 6.61 Å². The minimum absolute atomic E-state index is 0. The fraction of sp³-hybridized carbons (Fsp3) is 0.333. The Hall–Kier alpha value is -0.606. The molecule has 0 atom stereocenters. The Kier molecular flexibility index (Phi) is 8.88. The number of ether oxygens (including phenoxy) is 1. The molecule has 11 heavy (non-hydrogen) atoms. The summed E-state index contributed by atoms with van der Waals surface area (Å²) in [5.41, 5.74) is 0. The largest absolute Gasteiger partial charge is 0.481 e. The first-order valence-electron chi connectivity index (χ1n) is 2.68. The van der Waals surface area contributed by atoms with Crippen LogP contribution in [-0.4, -0.2) is 23.7 Å². The van der Waals surface area contributed by atoms with Crippen LogP contribution in [0.2, 0.25) is 0 Å². The van der Waals surface area contributed by atoms with Crippen LogP contribution in [0.5, 0.6) is 0 Å². The number of aliphatic carboxylic acids is 1. The zero-order chi connectivity index (χ0) is 7.98. The van der Waals surface area contributed by atoms with Crippen molar-refractivity contribution in [2.75, 3.05) is 6.61 Å². The summed E-state index contributed by atoms with van der Waals surface area (Å²) in [6.07, 6.45) is 0.821. The molecule has 0 amide bonds. The van der Waals surface area contributed by atoms with Crippen LogP contribution in [0.25, 0.3) is 0 Å². The average Bonchev–Trinajstić information content (AvgIpc) is 1.87. The van der Waals surface area contributed by atoms with Gasteiger partial charge in [0, 0.05) is 27.8 Å². The second-order valence-corrected chi connectivity index (χ2v) is 1.52. The Balaban J connectivity index is 0. The molecule has 0 radical (unpaired) electrons. The van der Waals surface area contributed by atoms with E-state index in [1.807, 2.05) is 0 Å². The van der Waals surface area contributed by atoms with E-state index >= 15 is 0 Å². The van der Waals surface area contributed by atoms with Gasteiger partial charge in [0.05, 0.1) is 6.42 Å². The molecule has 4 nitrogen and oxygen atoms in total. The summed E-state index contributed by atoms with van der Waals surface area (Å²) in [4.78, 5) is 20.1. The molecular formula is C6H8O4Ti. The molecule has 0 aromatic heterocycles. The summed E-state index contributed by atoms with van der Waals surface area (Å²) in [5.74, 6) is -1.59. The van der Waals surface area contributed by atoms with Crippen LogP contribution in [0.4, 0.5) is 0 Å². The van der Waals surface area contributed by atoms with E-state index in [0.717, 1.165) is 6.08 Å². The molecule has 0 aliphatic carbocycles. The van der Waals surface area contributed by atoms with Gasteiger partial charge in [-0.25, -0.2) is 4.79 Å². The molecule has 0 saturated carbocycles. The van der Waals surface area contributed by atoms with Gasteiger partial charge in [-0.05, 0) is 0 Å². The first-order chi connectivity index (χ1) is 4.66. The number of carbonyl (C=O) groups is 2. The Bertz CT molecular complexity index is 155. The molecule has 0 aliphatic rings. The molecule has 5 heteroatoms. The van der Waals surface area contributed by atoms with Gasteiger partial charge in [-0.1, -0.05) is 6.58 Å². The fourth-order valence-corrected chi connectivity index (χ4v) is 0.298. The quantitative estimate of drug-likeness (QED) is 0.392. The molecule has 0 aliphatic heterocycles. The average molecular weight is 192 g/mol. The second kappa shape index (κ2) is 7.50. The van der Waals surface area contributed by atoms with Crippen LogP contribution in [0.1, 0.15) is 6.42 Å². The number of carbonyl (C=O) groups excluding carboxylic acids is 1. The molecule has 1 N–H and O–H groups in total. The van der Waals surface area contributed by atoms with Gasteiger partial charge in [0.2, 0.25) is 0 Å². The van der Waals surface area contributed by atoms with Gasteiger partial charge in [0.15, 0.2) is 0 Å². The molecular weight excluding hydrogens is 184 g/mol. The summed E-state index contributed by atoms with van der Waals surface area (Å²) >= 11 is 0. The molecule has 0 saturated heterocycles. The van der Waals surface area contributed by atoms with Crippen LogP contribution < -0.4 is 0 Å². The number of rotatable bonds is 4. The predicted octanol–water partition coefficient (Wildman–Crippen LogP) is 0.188. The Morgan fingerprint density at radius 3 is 2.45 bits per heavy atom. The normalized spacial score (nSPS) is 7.64. The van der Waals surface area contributed by atoms with Gasteiger partial charge in [0.25, 0.3) is 0 Å². The van der Waals surface area contributed by atoms with Crippen LogP contribution >= 0.6 is 0 Å². The Morgan fingerprint density at radius 1 is 1.55 bits per heavy atom. The minimum atomic E-state index is -0.989. The molecule has 0 aromatic carbocycles. The molecule has 0 bridgehead atoms. The van der Waals surface area contributed by atoms with E-state index in [1.165, 1.54) is 0 Å². The zero-order valence-corrected chi connectivity index (χ0v) is 7.43. The molecule has 60 valence electrons. The molecule has 0 unspecified atom stereocenters. The molecule has 0 spiro atoms. The van der Waals surface area contributed by atoms with Crippen LogP contribution in [0.15, 0.2) is 12.7 Å². The van der Waals surface area contributed by atoms with Gasteiger partial charge in [-0.15, -0.1) is 0 Å². The Labute approximate surface area is 79.1 Å². The van der Waals surface area contributed by atoms with Crippen molar-refractivity contribution in [3.05, 3.63) is 12.7 Å². The number of hydrogen-bond acceptors (Lipinski definition) is 3. The summed E-state index contributed by atoms with van der Waals surface area (Å²) in [6.45, 7) is 3.04. The number of carboxylic acids is 1. The Morgan fingerprint density at radius 2 is 2.09 bits per heavy atom. The van der Waals surface area contributed by atoms with E-state index in [4.69, 9.17) is 5.11 Å². The smallest absolute Gasteiger partial charge is 0.330 e. The third kappa shape index (κ3) is 9.39. The first kappa shape index (κ1) is 13.0.